The molecule has 1 heterocycles. The molecule has 0 aliphatic carbocycles. The van der Waals surface area contributed by atoms with Crippen molar-refractivity contribution >= 4 is 15.9 Å². The SMILES string of the molecule is CC(C)CCNC(=O)NCCCC1CCS(=O)(=O)C1. The summed E-state index contributed by atoms with van der Waals surface area (Å²) in [5.41, 5.74) is 0. The molecule has 6 heteroatoms. The summed E-state index contributed by atoms with van der Waals surface area (Å²) in [6, 6.07) is -0.125. The summed E-state index contributed by atoms with van der Waals surface area (Å²) in [7, 11) is -2.77. The van der Waals surface area contributed by atoms with E-state index in [9.17, 15) is 13.2 Å². The number of nitrogens with one attached hydrogen (secondary N) is 2. The Bertz CT molecular complexity index is 379. The van der Waals surface area contributed by atoms with Crippen LogP contribution in [0.15, 0.2) is 0 Å². The number of carbonyl (C=O) groups excluding carboxylic acids is 1. The second kappa shape index (κ2) is 7.72. The van der Waals surface area contributed by atoms with E-state index in [0.717, 1.165) is 25.7 Å². The van der Waals surface area contributed by atoms with Gasteiger partial charge in [0, 0.05) is 13.1 Å². The first-order valence-electron chi connectivity index (χ1n) is 7.11. The number of hydrogen-bond acceptors (Lipinski definition) is 3. The number of amides is 2. The van der Waals surface area contributed by atoms with Crippen LogP contribution in [0.1, 0.15) is 39.5 Å². The van der Waals surface area contributed by atoms with Gasteiger partial charge in [0.25, 0.3) is 0 Å². The molecule has 2 amide bonds. The van der Waals surface area contributed by atoms with Crippen LogP contribution in [-0.2, 0) is 9.84 Å². The standard InChI is InChI=1S/C13H26N2O3S/c1-11(2)5-8-15-13(16)14-7-3-4-12-6-9-19(17,18)10-12/h11-12H,3-10H2,1-2H3,(H2,14,15,16). The quantitative estimate of drug-likeness (QED) is 0.698. The van der Waals surface area contributed by atoms with Crippen LogP contribution in [0, 0.1) is 11.8 Å². The van der Waals surface area contributed by atoms with E-state index in [4.69, 9.17) is 0 Å². The van der Waals surface area contributed by atoms with Gasteiger partial charge in [0.05, 0.1) is 11.5 Å². The Hall–Kier alpha value is -0.780. The molecule has 2 N–H and O–H groups in total. The third-order valence-electron chi connectivity index (χ3n) is 3.41. The van der Waals surface area contributed by atoms with Crippen molar-refractivity contribution in [3.63, 3.8) is 0 Å². The molecule has 0 aromatic rings. The maximum Gasteiger partial charge on any atom is 0.314 e. The third-order valence-corrected chi connectivity index (χ3v) is 5.25. The molecule has 1 fully saturated rings. The van der Waals surface area contributed by atoms with Crippen molar-refractivity contribution in [2.75, 3.05) is 24.6 Å². The van der Waals surface area contributed by atoms with Gasteiger partial charge < -0.3 is 10.6 Å². The van der Waals surface area contributed by atoms with Crippen LogP contribution < -0.4 is 10.6 Å². The van der Waals surface area contributed by atoms with E-state index in [0.29, 0.717) is 30.5 Å². The minimum atomic E-state index is -2.77. The van der Waals surface area contributed by atoms with Crippen molar-refractivity contribution in [1.82, 2.24) is 10.6 Å². The highest BCUT2D eigenvalue weighted by Gasteiger charge is 2.27. The predicted molar refractivity (Wildman–Crippen MR) is 76.9 cm³/mol. The molecule has 1 rings (SSSR count). The first-order valence-corrected chi connectivity index (χ1v) is 8.93. The lowest BCUT2D eigenvalue weighted by atomic mass is 10.0. The first kappa shape index (κ1) is 16.3. The molecule has 1 aliphatic rings. The van der Waals surface area contributed by atoms with Crippen LogP contribution in [0.5, 0.6) is 0 Å². The molecule has 0 bridgehead atoms. The van der Waals surface area contributed by atoms with Gasteiger partial charge in [0.15, 0.2) is 9.84 Å². The van der Waals surface area contributed by atoms with Gasteiger partial charge in [-0.25, -0.2) is 13.2 Å². The lowest BCUT2D eigenvalue weighted by molar-refractivity contribution is 0.240. The Morgan fingerprint density at radius 2 is 1.95 bits per heavy atom. The maximum atomic E-state index is 11.4. The number of urea groups is 1. The molecule has 1 saturated heterocycles. The van der Waals surface area contributed by atoms with Crippen molar-refractivity contribution in [1.29, 1.82) is 0 Å². The van der Waals surface area contributed by atoms with Crippen LogP contribution in [0.3, 0.4) is 0 Å². The van der Waals surface area contributed by atoms with Gasteiger partial charge in [0.2, 0.25) is 0 Å². The van der Waals surface area contributed by atoms with Gasteiger partial charge >= 0.3 is 6.03 Å². The van der Waals surface area contributed by atoms with E-state index in [1.165, 1.54) is 0 Å². The van der Waals surface area contributed by atoms with E-state index in [-0.39, 0.29) is 11.9 Å². The molecule has 0 spiro atoms. The largest absolute Gasteiger partial charge is 0.338 e. The van der Waals surface area contributed by atoms with E-state index in [1.807, 2.05) is 0 Å². The monoisotopic (exact) mass is 290 g/mol. The number of rotatable bonds is 7. The molecule has 0 aromatic carbocycles. The summed E-state index contributed by atoms with van der Waals surface area (Å²) in [4.78, 5) is 11.4. The topological polar surface area (TPSA) is 75.3 Å². The summed E-state index contributed by atoms with van der Waals surface area (Å²) in [5.74, 6) is 1.54. The third kappa shape index (κ3) is 7.40. The number of hydrogen-bond donors (Lipinski definition) is 2. The second-order valence-corrected chi connectivity index (χ2v) is 8.01. The predicted octanol–water partition coefficient (Wildman–Crippen LogP) is 1.55. The molecule has 1 atom stereocenters. The molecule has 5 nitrogen and oxygen atoms in total. The van der Waals surface area contributed by atoms with E-state index < -0.39 is 9.84 Å². The highest BCUT2D eigenvalue weighted by atomic mass is 32.2. The Labute approximate surface area is 116 Å². The van der Waals surface area contributed by atoms with Crippen LogP contribution in [0.4, 0.5) is 4.79 Å². The minimum Gasteiger partial charge on any atom is -0.338 e. The Morgan fingerprint density at radius 1 is 1.26 bits per heavy atom. The highest BCUT2D eigenvalue weighted by molar-refractivity contribution is 7.91. The van der Waals surface area contributed by atoms with Gasteiger partial charge in [-0.2, -0.15) is 0 Å². The molecular weight excluding hydrogens is 264 g/mol. The van der Waals surface area contributed by atoms with Gasteiger partial charge in [-0.3, -0.25) is 0 Å². The van der Waals surface area contributed by atoms with Crippen LogP contribution in [0.2, 0.25) is 0 Å². The maximum absolute atomic E-state index is 11.4. The van der Waals surface area contributed by atoms with Crippen LogP contribution >= 0.6 is 0 Å². The first-order chi connectivity index (χ1) is 8.89. The summed E-state index contributed by atoms with van der Waals surface area (Å²) in [6.45, 7) is 5.55. The molecule has 0 aromatic heterocycles. The van der Waals surface area contributed by atoms with Crippen LogP contribution in [0.25, 0.3) is 0 Å². The van der Waals surface area contributed by atoms with Crippen molar-refractivity contribution < 1.29 is 13.2 Å². The average molecular weight is 290 g/mol. The smallest absolute Gasteiger partial charge is 0.314 e. The van der Waals surface area contributed by atoms with Gasteiger partial charge in [0.1, 0.15) is 0 Å². The molecule has 19 heavy (non-hydrogen) atoms. The fourth-order valence-corrected chi connectivity index (χ4v) is 4.14. The summed E-state index contributed by atoms with van der Waals surface area (Å²) < 4.78 is 22.6. The molecule has 1 unspecified atom stereocenters. The minimum absolute atomic E-state index is 0.125. The van der Waals surface area contributed by atoms with Crippen molar-refractivity contribution in [2.45, 2.75) is 39.5 Å². The summed E-state index contributed by atoms with van der Waals surface area (Å²) >= 11 is 0. The highest BCUT2D eigenvalue weighted by Crippen LogP contribution is 2.22. The second-order valence-electron chi connectivity index (χ2n) is 5.78. The molecular formula is C13H26N2O3S. The van der Waals surface area contributed by atoms with Crippen molar-refractivity contribution in [2.24, 2.45) is 11.8 Å². The van der Waals surface area contributed by atoms with Crippen molar-refractivity contribution in [3.8, 4) is 0 Å². The Kier molecular flexibility index (Phi) is 6.62. The fraction of sp³-hybridized carbons (Fsp3) is 0.923. The lowest BCUT2D eigenvalue weighted by Gasteiger charge is -2.10. The number of carbonyl (C=O) groups is 1. The van der Waals surface area contributed by atoms with Crippen LogP contribution in [-0.4, -0.2) is 39.0 Å². The van der Waals surface area contributed by atoms with Crippen molar-refractivity contribution in [3.05, 3.63) is 0 Å². The Balaban J connectivity index is 2.00. The lowest BCUT2D eigenvalue weighted by Crippen LogP contribution is -2.36. The average Bonchev–Trinajstić information content (AvgIpc) is 2.64. The summed E-state index contributed by atoms with van der Waals surface area (Å²) in [5, 5.41) is 5.61. The zero-order chi connectivity index (χ0) is 14.3. The van der Waals surface area contributed by atoms with Gasteiger partial charge in [-0.05, 0) is 37.5 Å². The molecule has 0 saturated carbocycles. The number of sulfone groups is 1. The van der Waals surface area contributed by atoms with E-state index >= 15 is 0 Å². The molecule has 112 valence electrons. The molecule has 1 aliphatic heterocycles. The fourth-order valence-electron chi connectivity index (χ4n) is 2.23. The Morgan fingerprint density at radius 3 is 2.53 bits per heavy atom. The zero-order valence-electron chi connectivity index (χ0n) is 11.9. The van der Waals surface area contributed by atoms with E-state index in [2.05, 4.69) is 24.5 Å². The normalized spacial score (nSPS) is 21.5. The molecule has 0 radical (unpaired) electrons. The van der Waals surface area contributed by atoms with E-state index in [1.54, 1.807) is 0 Å². The zero-order valence-corrected chi connectivity index (χ0v) is 12.8. The van der Waals surface area contributed by atoms with Gasteiger partial charge in [-0.1, -0.05) is 13.8 Å². The van der Waals surface area contributed by atoms with Gasteiger partial charge in [-0.15, -0.1) is 0 Å². The summed E-state index contributed by atoms with van der Waals surface area (Å²) in [6.07, 6.45) is 3.49.